The van der Waals surface area contributed by atoms with Gasteiger partial charge in [0.2, 0.25) is 5.91 Å². The summed E-state index contributed by atoms with van der Waals surface area (Å²) >= 11 is 6.08. The van der Waals surface area contributed by atoms with Crippen LogP contribution in [0.5, 0.6) is 0 Å². The van der Waals surface area contributed by atoms with Crippen LogP contribution in [0.4, 0.5) is 11.4 Å². The Morgan fingerprint density at radius 3 is 2.72 bits per heavy atom. The molecule has 0 saturated carbocycles. The maximum atomic E-state index is 12.2. The molecule has 1 unspecified atom stereocenters. The molecule has 1 atom stereocenters. The van der Waals surface area contributed by atoms with Crippen LogP contribution >= 0.6 is 11.6 Å². The maximum absolute atomic E-state index is 12.2. The average Bonchev–Trinajstić information content (AvgIpc) is 3.05. The molecule has 0 radical (unpaired) electrons. The van der Waals surface area contributed by atoms with E-state index in [0.717, 1.165) is 56.2 Å². The summed E-state index contributed by atoms with van der Waals surface area (Å²) < 4.78 is 5.39. The van der Waals surface area contributed by atoms with Crippen LogP contribution in [0, 0.1) is 0 Å². The number of carbonyl (C=O) groups is 1. The van der Waals surface area contributed by atoms with E-state index in [0.29, 0.717) is 5.02 Å². The number of amides is 1. The van der Waals surface area contributed by atoms with Gasteiger partial charge < -0.3 is 10.1 Å². The number of ether oxygens (including phenoxy) is 1. The third-order valence-electron chi connectivity index (χ3n) is 5.49. The van der Waals surface area contributed by atoms with Gasteiger partial charge in [-0.1, -0.05) is 23.7 Å². The molecule has 1 fully saturated rings. The number of hydrogen-bond donors (Lipinski definition) is 1. The van der Waals surface area contributed by atoms with Gasteiger partial charge in [0.25, 0.3) is 0 Å². The van der Waals surface area contributed by atoms with Crippen molar-refractivity contribution in [3.05, 3.63) is 58.6 Å². The number of anilines is 1. The first kappa shape index (κ1) is 20.1. The Labute approximate surface area is 176 Å². The largest absolute Gasteiger partial charge is 0.379 e. The SMILES string of the molecule is O=C1Nc2ccc(Cl)cc2C1C=Nc1ccc(CCCCN2CCOCC2)cc1. The van der Waals surface area contributed by atoms with Crippen molar-refractivity contribution in [3.8, 4) is 0 Å². The number of halogens is 1. The van der Waals surface area contributed by atoms with Gasteiger partial charge in [0.1, 0.15) is 5.92 Å². The van der Waals surface area contributed by atoms with Crippen molar-refractivity contribution in [2.24, 2.45) is 4.99 Å². The molecule has 2 heterocycles. The fourth-order valence-corrected chi connectivity index (χ4v) is 3.98. The first-order chi connectivity index (χ1) is 14.2. The molecular weight excluding hydrogens is 386 g/mol. The Balaban J connectivity index is 1.28. The average molecular weight is 412 g/mol. The van der Waals surface area contributed by atoms with Gasteiger partial charge in [-0.15, -0.1) is 0 Å². The second-order valence-electron chi connectivity index (χ2n) is 7.55. The number of unbranched alkanes of at least 4 members (excludes halogenated alkanes) is 1. The number of hydrogen-bond acceptors (Lipinski definition) is 4. The number of carbonyl (C=O) groups excluding carboxylic acids is 1. The van der Waals surface area contributed by atoms with Crippen LogP contribution in [-0.4, -0.2) is 49.9 Å². The summed E-state index contributed by atoms with van der Waals surface area (Å²) in [4.78, 5) is 19.2. The lowest BCUT2D eigenvalue weighted by molar-refractivity contribution is -0.115. The summed E-state index contributed by atoms with van der Waals surface area (Å²) in [5.41, 5.74) is 3.86. The monoisotopic (exact) mass is 411 g/mol. The van der Waals surface area contributed by atoms with Gasteiger partial charge >= 0.3 is 0 Å². The Morgan fingerprint density at radius 2 is 1.93 bits per heavy atom. The zero-order valence-electron chi connectivity index (χ0n) is 16.4. The molecule has 0 bridgehead atoms. The molecule has 2 aromatic carbocycles. The van der Waals surface area contributed by atoms with E-state index >= 15 is 0 Å². The Morgan fingerprint density at radius 1 is 1.14 bits per heavy atom. The highest BCUT2D eigenvalue weighted by atomic mass is 35.5. The molecule has 1 amide bonds. The van der Waals surface area contributed by atoms with Crippen molar-refractivity contribution in [1.82, 2.24) is 4.90 Å². The van der Waals surface area contributed by atoms with Gasteiger partial charge in [0, 0.05) is 30.0 Å². The number of nitrogens with one attached hydrogen (secondary N) is 1. The minimum absolute atomic E-state index is 0.0668. The molecule has 0 spiro atoms. The smallest absolute Gasteiger partial charge is 0.237 e. The number of aryl methyl sites for hydroxylation is 1. The van der Waals surface area contributed by atoms with Gasteiger partial charge in [-0.05, 0) is 67.3 Å². The summed E-state index contributed by atoms with van der Waals surface area (Å²) in [5, 5.41) is 3.50. The lowest BCUT2D eigenvalue weighted by Gasteiger charge is -2.26. The third kappa shape index (κ3) is 5.24. The first-order valence-corrected chi connectivity index (χ1v) is 10.6. The summed E-state index contributed by atoms with van der Waals surface area (Å²) in [7, 11) is 0. The minimum atomic E-state index is -0.399. The zero-order chi connectivity index (χ0) is 20.1. The van der Waals surface area contributed by atoms with Crippen LogP contribution in [0.1, 0.15) is 29.9 Å². The van der Waals surface area contributed by atoms with Crippen LogP contribution in [0.2, 0.25) is 5.02 Å². The molecule has 2 aliphatic heterocycles. The molecule has 2 aromatic rings. The van der Waals surface area contributed by atoms with Crippen molar-refractivity contribution >= 4 is 35.1 Å². The Bertz CT molecular complexity index is 876. The fraction of sp³-hybridized carbons (Fsp3) is 0.391. The highest BCUT2D eigenvalue weighted by Crippen LogP contribution is 2.33. The quantitative estimate of drug-likeness (QED) is 0.541. The molecule has 1 saturated heterocycles. The molecule has 29 heavy (non-hydrogen) atoms. The van der Waals surface area contributed by atoms with Gasteiger partial charge in [0.15, 0.2) is 0 Å². The molecule has 0 aromatic heterocycles. The lowest BCUT2D eigenvalue weighted by atomic mass is 10.0. The van der Waals surface area contributed by atoms with Gasteiger partial charge in [-0.2, -0.15) is 0 Å². The summed E-state index contributed by atoms with van der Waals surface area (Å²) in [5.74, 6) is -0.466. The molecule has 4 rings (SSSR count). The molecule has 1 N–H and O–H groups in total. The summed E-state index contributed by atoms with van der Waals surface area (Å²) in [6.45, 7) is 5.00. The Hall–Kier alpha value is -2.21. The van der Waals surface area contributed by atoms with Crippen molar-refractivity contribution in [2.45, 2.75) is 25.2 Å². The maximum Gasteiger partial charge on any atom is 0.237 e. The predicted octanol–water partition coefficient (Wildman–Crippen LogP) is 4.43. The highest BCUT2D eigenvalue weighted by molar-refractivity contribution is 6.31. The normalized spacial score (nSPS) is 19.5. The molecule has 152 valence electrons. The van der Waals surface area contributed by atoms with E-state index in [1.165, 1.54) is 18.4 Å². The van der Waals surface area contributed by atoms with Crippen LogP contribution in [0.25, 0.3) is 0 Å². The van der Waals surface area contributed by atoms with E-state index < -0.39 is 5.92 Å². The standard InChI is InChI=1S/C23H26ClN3O2/c24-18-6-9-22-20(15-18)21(23(28)26-22)16-25-19-7-4-17(5-8-19)3-1-2-10-27-11-13-29-14-12-27/h4-9,15-16,21H,1-3,10-14H2,(H,26,28). The first-order valence-electron chi connectivity index (χ1n) is 10.2. The number of benzene rings is 2. The van der Waals surface area contributed by atoms with Crippen molar-refractivity contribution in [3.63, 3.8) is 0 Å². The molecular formula is C23H26ClN3O2. The van der Waals surface area contributed by atoms with E-state index in [-0.39, 0.29) is 5.91 Å². The second kappa shape index (κ2) is 9.53. The predicted molar refractivity (Wildman–Crippen MR) is 118 cm³/mol. The van der Waals surface area contributed by atoms with Crippen molar-refractivity contribution in [2.75, 3.05) is 38.2 Å². The van der Waals surface area contributed by atoms with Crippen molar-refractivity contribution < 1.29 is 9.53 Å². The second-order valence-corrected chi connectivity index (χ2v) is 7.99. The van der Waals surface area contributed by atoms with E-state index in [1.54, 1.807) is 12.3 Å². The van der Waals surface area contributed by atoms with Crippen LogP contribution in [0.3, 0.4) is 0 Å². The lowest BCUT2D eigenvalue weighted by Crippen LogP contribution is -2.36. The van der Waals surface area contributed by atoms with Crippen LogP contribution in [0.15, 0.2) is 47.5 Å². The molecule has 0 aliphatic carbocycles. The van der Waals surface area contributed by atoms with E-state index in [9.17, 15) is 4.79 Å². The topological polar surface area (TPSA) is 53.9 Å². The summed E-state index contributed by atoms with van der Waals surface area (Å²) in [6.07, 6.45) is 5.17. The fourth-order valence-electron chi connectivity index (χ4n) is 3.80. The highest BCUT2D eigenvalue weighted by Gasteiger charge is 2.29. The van der Waals surface area contributed by atoms with Crippen LogP contribution < -0.4 is 5.32 Å². The van der Waals surface area contributed by atoms with Gasteiger partial charge in [-0.25, -0.2) is 0 Å². The van der Waals surface area contributed by atoms with Gasteiger partial charge in [0.05, 0.1) is 18.9 Å². The third-order valence-corrected chi connectivity index (χ3v) is 5.73. The number of fused-ring (bicyclic) bond motifs is 1. The number of rotatable bonds is 7. The molecule has 6 heteroatoms. The molecule has 2 aliphatic rings. The number of aliphatic imine (C=N–C) groups is 1. The molecule has 5 nitrogen and oxygen atoms in total. The van der Waals surface area contributed by atoms with E-state index in [1.807, 2.05) is 24.3 Å². The van der Waals surface area contributed by atoms with Gasteiger partial charge in [-0.3, -0.25) is 14.7 Å². The number of morpholine rings is 1. The number of nitrogens with zero attached hydrogens (tertiary/aromatic N) is 2. The van der Waals surface area contributed by atoms with E-state index in [2.05, 4.69) is 27.3 Å². The van der Waals surface area contributed by atoms with Crippen LogP contribution in [-0.2, 0) is 16.0 Å². The minimum Gasteiger partial charge on any atom is -0.379 e. The van der Waals surface area contributed by atoms with E-state index in [4.69, 9.17) is 16.3 Å². The Kier molecular flexibility index (Phi) is 6.60. The zero-order valence-corrected chi connectivity index (χ0v) is 17.2. The summed E-state index contributed by atoms with van der Waals surface area (Å²) in [6, 6.07) is 13.7. The van der Waals surface area contributed by atoms with Crippen molar-refractivity contribution in [1.29, 1.82) is 0 Å².